The van der Waals surface area contributed by atoms with E-state index in [2.05, 4.69) is 205 Å². The first kappa shape index (κ1) is 36.9. The molecular weight excluding hydrogens is 703 g/mol. The topological polar surface area (TPSA) is 38.7 Å². The highest BCUT2D eigenvalue weighted by Gasteiger charge is 2.25. The van der Waals surface area contributed by atoms with E-state index in [-0.39, 0.29) is 10.8 Å². The van der Waals surface area contributed by atoms with Crippen LogP contribution in [0, 0.1) is 0 Å². The van der Waals surface area contributed by atoms with Crippen LogP contribution in [-0.4, -0.2) is 15.0 Å². The molecule has 3 nitrogen and oxygen atoms in total. The molecule has 0 bridgehead atoms. The maximum atomic E-state index is 5.36. The van der Waals surface area contributed by atoms with Crippen molar-refractivity contribution >= 4 is 21.8 Å². The van der Waals surface area contributed by atoms with Crippen LogP contribution in [0.1, 0.15) is 52.9 Å². The third-order valence-electron chi connectivity index (χ3n) is 11.1. The summed E-state index contributed by atoms with van der Waals surface area (Å²) in [6.07, 6.45) is 4.03. The minimum absolute atomic E-state index is 0.0944. The molecule has 0 spiro atoms. The molecule has 282 valence electrons. The Labute approximate surface area is 342 Å². The van der Waals surface area contributed by atoms with Gasteiger partial charge in [-0.1, -0.05) is 181 Å². The summed E-state index contributed by atoms with van der Waals surface area (Å²) in [4.78, 5) is 15.7. The van der Waals surface area contributed by atoms with Crippen LogP contribution >= 0.6 is 0 Å². The van der Waals surface area contributed by atoms with E-state index in [1.807, 2.05) is 12.4 Å². The molecule has 0 saturated carbocycles. The Morgan fingerprint density at radius 3 is 1.33 bits per heavy atom. The summed E-state index contributed by atoms with van der Waals surface area (Å²) >= 11 is 0. The molecule has 3 heteroatoms. The zero-order valence-corrected chi connectivity index (χ0v) is 34.1. The van der Waals surface area contributed by atoms with Gasteiger partial charge in [0.05, 0.1) is 11.0 Å². The quantitative estimate of drug-likeness (QED) is 0.159. The second-order valence-corrected chi connectivity index (χ2v) is 17.3. The number of rotatable bonds is 6. The van der Waals surface area contributed by atoms with E-state index in [0.29, 0.717) is 0 Å². The highest BCUT2D eigenvalue weighted by Crippen LogP contribution is 2.50. The van der Waals surface area contributed by atoms with Gasteiger partial charge in [-0.25, -0.2) is 9.97 Å². The highest BCUT2D eigenvalue weighted by atomic mass is 14.8. The molecule has 0 atom stereocenters. The predicted molar refractivity (Wildman–Crippen MR) is 245 cm³/mol. The van der Waals surface area contributed by atoms with Crippen molar-refractivity contribution in [3.63, 3.8) is 0 Å². The lowest BCUT2D eigenvalue weighted by Gasteiger charge is -2.24. The summed E-state index contributed by atoms with van der Waals surface area (Å²) in [5.41, 5.74) is 17.3. The van der Waals surface area contributed by atoms with Crippen LogP contribution in [0.2, 0.25) is 0 Å². The number of hydrogen-bond acceptors (Lipinski definition) is 3. The van der Waals surface area contributed by atoms with E-state index in [0.717, 1.165) is 72.1 Å². The van der Waals surface area contributed by atoms with E-state index >= 15 is 0 Å². The van der Waals surface area contributed by atoms with E-state index in [4.69, 9.17) is 15.0 Å². The van der Waals surface area contributed by atoms with Gasteiger partial charge in [-0.05, 0) is 79.9 Å². The van der Waals surface area contributed by atoms with Crippen LogP contribution in [0.5, 0.6) is 0 Å². The molecule has 9 aromatic rings. The number of fused-ring (bicyclic) bond motifs is 3. The zero-order valence-electron chi connectivity index (χ0n) is 34.1. The molecule has 58 heavy (non-hydrogen) atoms. The first-order valence-corrected chi connectivity index (χ1v) is 20.2. The fourth-order valence-electron chi connectivity index (χ4n) is 8.11. The Hall–Kier alpha value is -6.71. The van der Waals surface area contributed by atoms with Gasteiger partial charge >= 0.3 is 0 Å². The third kappa shape index (κ3) is 6.88. The summed E-state index contributed by atoms with van der Waals surface area (Å²) in [6.45, 7) is 13.3. The van der Waals surface area contributed by atoms with Gasteiger partial charge < -0.3 is 0 Å². The lowest BCUT2D eigenvalue weighted by Crippen LogP contribution is -2.15. The summed E-state index contributed by atoms with van der Waals surface area (Å²) in [6, 6.07) is 59.0. The van der Waals surface area contributed by atoms with Crippen molar-refractivity contribution < 1.29 is 0 Å². The van der Waals surface area contributed by atoms with E-state index in [9.17, 15) is 0 Å². The Balaban J connectivity index is 1.38. The molecule has 0 N–H and O–H groups in total. The van der Waals surface area contributed by atoms with Crippen molar-refractivity contribution in [2.45, 2.75) is 52.4 Å². The van der Waals surface area contributed by atoms with E-state index in [1.54, 1.807) is 0 Å². The molecule has 0 aliphatic carbocycles. The first-order valence-electron chi connectivity index (χ1n) is 20.2. The van der Waals surface area contributed by atoms with Gasteiger partial charge in [0.15, 0.2) is 0 Å². The van der Waals surface area contributed by atoms with Crippen LogP contribution in [0.3, 0.4) is 0 Å². The van der Waals surface area contributed by atoms with Crippen LogP contribution in [0.25, 0.3) is 88.6 Å². The number of nitrogens with zero attached hydrogens (tertiary/aromatic N) is 3. The average molecular weight is 750 g/mol. The monoisotopic (exact) mass is 749 g/mol. The summed E-state index contributed by atoms with van der Waals surface area (Å²) in [5.74, 6) is 0. The molecule has 0 aliphatic heterocycles. The predicted octanol–water partition coefficient (Wildman–Crippen LogP) is 14.8. The summed E-state index contributed by atoms with van der Waals surface area (Å²) in [5, 5.41) is 2.15. The van der Waals surface area contributed by atoms with Crippen molar-refractivity contribution in [3.05, 3.63) is 188 Å². The Bertz CT molecular complexity index is 2920. The van der Waals surface area contributed by atoms with Crippen molar-refractivity contribution in [2.75, 3.05) is 0 Å². The van der Waals surface area contributed by atoms with Crippen molar-refractivity contribution in [2.24, 2.45) is 0 Å². The van der Waals surface area contributed by atoms with E-state index < -0.39 is 0 Å². The Kier molecular flexibility index (Phi) is 9.33. The van der Waals surface area contributed by atoms with Crippen LogP contribution in [0.4, 0.5) is 0 Å². The first-order chi connectivity index (χ1) is 28.0. The standard InChI is InChI=1S/C55H47N3/c1-54(2,3)47-30-28-40-27-29-43-44(33-48(55(4,5)6)58-53(43)52(40)57-47)41-31-42(35-56-34-41)46-32-45(36-19-11-7-12-20-36)49(37-21-13-8-14-22-37)51(39-25-17-10-18-26-39)50(46)38-23-15-9-16-24-38/h7-35H,1-6H3. The normalized spacial score (nSPS) is 12.0. The molecule has 0 fully saturated rings. The minimum Gasteiger partial charge on any atom is -0.263 e. The lowest BCUT2D eigenvalue weighted by molar-refractivity contribution is 0.570. The molecule has 6 aromatic carbocycles. The largest absolute Gasteiger partial charge is 0.263 e. The molecular formula is C55H47N3. The molecule has 0 radical (unpaired) electrons. The lowest BCUT2D eigenvalue weighted by atomic mass is 9.79. The highest BCUT2D eigenvalue weighted by molar-refractivity contribution is 6.10. The maximum Gasteiger partial charge on any atom is 0.0974 e. The molecule has 3 aromatic heterocycles. The number of pyridine rings is 3. The van der Waals surface area contributed by atoms with Crippen LogP contribution in [0.15, 0.2) is 176 Å². The zero-order chi connectivity index (χ0) is 40.0. The van der Waals surface area contributed by atoms with Gasteiger partial charge in [0, 0.05) is 56.5 Å². The summed E-state index contributed by atoms with van der Waals surface area (Å²) < 4.78 is 0. The van der Waals surface area contributed by atoms with Gasteiger partial charge in [0.1, 0.15) is 0 Å². The number of hydrogen-bond donors (Lipinski definition) is 0. The molecule has 0 aliphatic rings. The fraction of sp³-hybridized carbons (Fsp3) is 0.145. The fourth-order valence-corrected chi connectivity index (χ4v) is 8.11. The number of benzene rings is 6. The second kappa shape index (κ2) is 14.7. The van der Waals surface area contributed by atoms with Crippen molar-refractivity contribution in [3.8, 4) is 66.8 Å². The molecule has 3 heterocycles. The molecule has 0 saturated heterocycles. The Morgan fingerprint density at radius 2 is 0.793 bits per heavy atom. The minimum atomic E-state index is -0.194. The van der Waals surface area contributed by atoms with Gasteiger partial charge in [-0.15, -0.1) is 0 Å². The van der Waals surface area contributed by atoms with Gasteiger partial charge in [-0.3, -0.25) is 4.98 Å². The smallest absolute Gasteiger partial charge is 0.0974 e. The summed E-state index contributed by atoms with van der Waals surface area (Å²) in [7, 11) is 0. The van der Waals surface area contributed by atoms with Gasteiger partial charge in [0.25, 0.3) is 0 Å². The molecule has 0 amide bonds. The number of aromatic nitrogens is 3. The van der Waals surface area contributed by atoms with Gasteiger partial charge in [0.2, 0.25) is 0 Å². The second-order valence-electron chi connectivity index (χ2n) is 17.3. The van der Waals surface area contributed by atoms with Gasteiger partial charge in [-0.2, -0.15) is 0 Å². The third-order valence-corrected chi connectivity index (χ3v) is 11.1. The molecule has 9 rings (SSSR count). The van der Waals surface area contributed by atoms with Crippen LogP contribution in [-0.2, 0) is 10.8 Å². The van der Waals surface area contributed by atoms with E-state index in [1.165, 1.54) is 27.8 Å². The maximum absolute atomic E-state index is 5.36. The van der Waals surface area contributed by atoms with Crippen molar-refractivity contribution in [1.82, 2.24) is 15.0 Å². The molecule has 0 unspecified atom stereocenters. The average Bonchev–Trinajstić information content (AvgIpc) is 3.25. The SMILES string of the molecule is CC(C)(C)c1ccc2ccc3c(-c4cncc(-c5cc(-c6ccccc6)c(-c6ccccc6)c(-c6ccccc6)c5-c5ccccc5)c4)cc(C(C)(C)C)nc3c2n1. The van der Waals surface area contributed by atoms with Crippen molar-refractivity contribution in [1.29, 1.82) is 0 Å². The van der Waals surface area contributed by atoms with Crippen LogP contribution < -0.4 is 0 Å². The Morgan fingerprint density at radius 1 is 0.345 bits per heavy atom.